The topological polar surface area (TPSA) is 18.5 Å². The molecule has 0 aliphatic heterocycles. The maximum Gasteiger partial charge on any atom is 0.122 e. The third kappa shape index (κ3) is 5.25. The minimum Gasteiger partial charge on any atom is -0.490 e. The van der Waals surface area contributed by atoms with Crippen molar-refractivity contribution in [3.8, 4) is 11.5 Å². The Kier molecular flexibility index (Phi) is 6.45. The molecule has 2 rings (SSSR count). The van der Waals surface area contributed by atoms with E-state index in [1.165, 1.54) is 5.56 Å². The predicted octanol–water partition coefficient (Wildman–Crippen LogP) is 4.47. The van der Waals surface area contributed by atoms with Gasteiger partial charge < -0.3 is 9.47 Å². The molecule has 0 atom stereocenters. The minimum atomic E-state index is 0.551. The Morgan fingerprint density at radius 1 is 0.750 bits per heavy atom. The number of hydrogen-bond acceptors (Lipinski definition) is 2. The van der Waals surface area contributed by atoms with Crippen LogP contribution < -0.4 is 9.47 Å². The number of benzene rings is 2. The smallest absolute Gasteiger partial charge is 0.122 e. The van der Waals surface area contributed by atoms with Gasteiger partial charge in [0.25, 0.3) is 0 Å². The van der Waals surface area contributed by atoms with Crippen LogP contribution in [0.1, 0.15) is 12.0 Å². The van der Waals surface area contributed by atoms with E-state index in [1.807, 2.05) is 42.5 Å². The van der Waals surface area contributed by atoms with Crippen LogP contribution in [0.25, 0.3) is 0 Å². The molecule has 0 saturated carbocycles. The molecule has 0 aromatic heterocycles. The summed E-state index contributed by atoms with van der Waals surface area (Å²) in [5, 5.41) is 1.04. The van der Waals surface area contributed by atoms with E-state index >= 15 is 0 Å². The quantitative estimate of drug-likeness (QED) is 0.523. The van der Waals surface area contributed by atoms with Gasteiger partial charge in [-0.15, -0.1) is 0 Å². The fourth-order valence-corrected chi connectivity index (χ4v) is 2.14. The monoisotopic (exact) mass is 334 g/mol. The molecule has 3 heteroatoms. The van der Waals surface area contributed by atoms with Crippen LogP contribution in [0, 0.1) is 0 Å². The fourth-order valence-electron chi connectivity index (χ4n) is 1.86. The van der Waals surface area contributed by atoms with Gasteiger partial charge in [-0.3, -0.25) is 0 Å². The van der Waals surface area contributed by atoms with Crippen LogP contribution in [0.4, 0.5) is 0 Å². The van der Waals surface area contributed by atoms with Gasteiger partial charge in [-0.1, -0.05) is 46.3 Å². The average Bonchev–Trinajstić information content (AvgIpc) is 2.52. The largest absolute Gasteiger partial charge is 0.490 e. The van der Waals surface area contributed by atoms with Gasteiger partial charge in [-0.05, 0) is 42.7 Å². The lowest BCUT2D eigenvalue weighted by molar-refractivity contribution is 0.217. The van der Waals surface area contributed by atoms with E-state index in [-0.39, 0.29) is 0 Å². The fraction of sp³-hybridized carbons (Fsp3) is 0.294. The molecule has 0 bridgehead atoms. The Morgan fingerprint density at radius 2 is 1.35 bits per heavy atom. The van der Waals surface area contributed by atoms with Crippen LogP contribution in [0.2, 0.25) is 0 Å². The predicted molar refractivity (Wildman–Crippen MR) is 86.0 cm³/mol. The number of ether oxygens (including phenoxy) is 2. The number of hydrogen-bond donors (Lipinski definition) is 0. The van der Waals surface area contributed by atoms with Crippen molar-refractivity contribution in [3.63, 3.8) is 0 Å². The van der Waals surface area contributed by atoms with Gasteiger partial charge in [-0.25, -0.2) is 0 Å². The first-order chi connectivity index (χ1) is 9.88. The molecule has 0 aliphatic carbocycles. The van der Waals surface area contributed by atoms with Gasteiger partial charge in [-0.2, -0.15) is 0 Å². The van der Waals surface area contributed by atoms with Crippen LogP contribution in [-0.2, 0) is 6.42 Å². The molecule has 2 nitrogen and oxygen atoms in total. The third-order valence-corrected chi connectivity index (χ3v) is 3.45. The lowest BCUT2D eigenvalue weighted by Gasteiger charge is -2.08. The molecule has 0 spiro atoms. The van der Waals surface area contributed by atoms with Gasteiger partial charge in [0.05, 0.1) is 0 Å². The summed E-state index contributed by atoms with van der Waals surface area (Å²) in [6.45, 7) is 1.10. The van der Waals surface area contributed by atoms with Crippen molar-refractivity contribution in [1.29, 1.82) is 0 Å². The first kappa shape index (κ1) is 14.9. The average molecular weight is 335 g/mol. The van der Waals surface area contributed by atoms with Crippen LogP contribution in [0.5, 0.6) is 11.5 Å². The zero-order valence-corrected chi connectivity index (χ0v) is 13.0. The minimum absolute atomic E-state index is 0.551. The molecule has 0 radical (unpaired) electrons. The first-order valence-electron chi connectivity index (χ1n) is 6.84. The summed E-state index contributed by atoms with van der Waals surface area (Å²) in [5.41, 5.74) is 1.34. The molecule has 20 heavy (non-hydrogen) atoms. The second kappa shape index (κ2) is 8.64. The molecule has 0 heterocycles. The molecule has 0 aliphatic rings. The summed E-state index contributed by atoms with van der Waals surface area (Å²) in [7, 11) is 0. The highest BCUT2D eigenvalue weighted by Gasteiger charge is 1.97. The zero-order valence-electron chi connectivity index (χ0n) is 11.4. The third-order valence-electron chi connectivity index (χ3n) is 2.89. The Labute approximate surface area is 128 Å². The number of aryl methyl sites for hydroxylation is 1. The molecule has 0 fully saturated rings. The molecule has 106 valence electrons. The summed E-state index contributed by atoms with van der Waals surface area (Å²) < 4.78 is 11.2. The standard InChI is InChI=1S/C17H19BrO2/c18-12-4-5-15-8-10-17(11-9-15)20-14-13-19-16-6-2-1-3-7-16/h1-3,6-11H,4-5,12-14H2. The van der Waals surface area contributed by atoms with Gasteiger partial charge in [0.15, 0.2) is 0 Å². The molecule has 0 N–H and O–H groups in total. The van der Waals surface area contributed by atoms with Crippen molar-refractivity contribution in [1.82, 2.24) is 0 Å². The summed E-state index contributed by atoms with van der Waals surface area (Å²) in [6.07, 6.45) is 2.26. The number of alkyl halides is 1. The Bertz CT molecular complexity index is 482. The summed E-state index contributed by atoms with van der Waals surface area (Å²) in [5.74, 6) is 1.77. The summed E-state index contributed by atoms with van der Waals surface area (Å²) in [6, 6.07) is 18.1. The second-order valence-corrected chi connectivity index (χ2v) is 5.24. The molecular weight excluding hydrogens is 316 g/mol. The molecular formula is C17H19BrO2. The van der Waals surface area contributed by atoms with Gasteiger partial charge >= 0.3 is 0 Å². The highest BCUT2D eigenvalue weighted by molar-refractivity contribution is 9.09. The second-order valence-electron chi connectivity index (χ2n) is 4.45. The van der Waals surface area contributed by atoms with E-state index in [4.69, 9.17) is 9.47 Å². The lowest BCUT2D eigenvalue weighted by Crippen LogP contribution is -2.08. The van der Waals surface area contributed by atoms with Gasteiger partial charge in [0.2, 0.25) is 0 Å². The Balaban J connectivity index is 1.69. The van der Waals surface area contributed by atoms with E-state index in [0.717, 1.165) is 29.7 Å². The maximum absolute atomic E-state index is 5.65. The Hall–Kier alpha value is -1.48. The number of halogens is 1. The number of rotatable bonds is 8. The first-order valence-corrected chi connectivity index (χ1v) is 7.96. The Morgan fingerprint density at radius 3 is 1.95 bits per heavy atom. The SMILES string of the molecule is BrCCCc1ccc(OCCOc2ccccc2)cc1. The zero-order chi connectivity index (χ0) is 14.0. The van der Waals surface area contributed by atoms with E-state index < -0.39 is 0 Å². The van der Waals surface area contributed by atoms with Crippen molar-refractivity contribution < 1.29 is 9.47 Å². The maximum atomic E-state index is 5.65. The highest BCUT2D eigenvalue weighted by atomic mass is 79.9. The van der Waals surface area contributed by atoms with Gasteiger partial charge in [0, 0.05) is 5.33 Å². The van der Waals surface area contributed by atoms with Crippen LogP contribution in [-0.4, -0.2) is 18.5 Å². The van der Waals surface area contributed by atoms with E-state index in [1.54, 1.807) is 0 Å². The molecule has 2 aromatic carbocycles. The van der Waals surface area contributed by atoms with Crippen LogP contribution >= 0.6 is 15.9 Å². The molecule has 2 aromatic rings. The summed E-state index contributed by atoms with van der Waals surface area (Å²) in [4.78, 5) is 0. The van der Waals surface area contributed by atoms with Crippen molar-refractivity contribution in [2.24, 2.45) is 0 Å². The van der Waals surface area contributed by atoms with Gasteiger partial charge in [0.1, 0.15) is 24.7 Å². The molecule has 0 saturated heterocycles. The lowest BCUT2D eigenvalue weighted by atomic mass is 10.1. The highest BCUT2D eigenvalue weighted by Crippen LogP contribution is 2.14. The molecule has 0 amide bonds. The van der Waals surface area contributed by atoms with Crippen molar-refractivity contribution in [3.05, 3.63) is 60.2 Å². The number of para-hydroxylation sites is 1. The van der Waals surface area contributed by atoms with Crippen molar-refractivity contribution in [2.45, 2.75) is 12.8 Å². The van der Waals surface area contributed by atoms with E-state index in [0.29, 0.717) is 13.2 Å². The van der Waals surface area contributed by atoms with E-state index in [2.05, 4.69) is 28.1 Å². The normalized spacial score (nSPS) is 10.2. The summed E-state index contributed by atoms with van der Waals surface area (Å²) >= 11 is 3.44. The van der Waals surface area contributed by atoms with E-state index in [9.17, 15) is 0 Å². The van der Waals surface area contributed by atoms with Crippen LogP contribution in [0.3, 0.4) is 0 Å². The molecule has 0 unspecified atom stereocenters. The van der Waals surface area contributed by atoms with Crippen molar-refractivity contribution >= 4 is 15.9 Å². The van der Waals surface area contributed by atoms with Crippen LogP contribution in [0.15, 0.2) is 54.6 Å². The van der Waals surface area contributed by atoms with Crippen molar-refractivity contribution in [2.75, 3.05) is 18.5 Å².